The molecule has 0 atom stereocenters. The van der Waals surface area contributed by atoms with E-state index in [1.807, 2.05) is 0 Å². The quantitative estimate of drug-likeness (QED) is 0.826. The zero-order valence-electron chi connectivity index (χ0n) is 9.52. The molecule has 0 N–H and O–H groups in total. The normalized spacial score (nSPS) is 9.94. The van der Waals surface area contributed by atoms with Gasteiger partial charge in [-0.3, -0.25) is 4.94 Å². The maximum Gasteiger partial charge on any atom is 0.175 e. The minimum atomic E-state index is -0.605. The van der Waals surface area contributed by atoms with E-state index >= 15 is 0 Å². The summed E-state index contributed by atoms with van der Waals surface area (Å²) in [5, 5.41) is 0. The van der Waals surface area contributed by atoms with Crippen LogP contribution in [0, 0.1) is 5.82 Å². The number of hydrogen-bond donors (Lipinski definition) is 0. The van der Waals surface area contributed by atoms with E-state index in [4.69, 9.17) is 9.47 Å². The molecule has 0 spiro atoms. The van der Waals surface area contributed by atoms with Crippen LogP contribution >= 0.6 is 0 Å². The maximum atomic E-state index is 13.4. The fourth-order valence-corrected chi connectivity index (χ4v) is 1.38. The van der Waals surface area contributed by atoms with Crippen molar-refractivity contribution >= 4 is 0 Å². The molecule has 0 heterocycles. The van der Waals surface area contributed by atoms with Crippen LogP contribution < -0.4 is 14.4 Å². The van der Waals surface area contributed by atoms with Gasteiger partial charge in [0.25, 0.3) is 0 Å². The summed E-state index contributed by atoms with van der Waals surface area (Å²) < 4.78 is 35.6. The molecule has 0 saturated heterocycles. The van der Waals surface area contributed by atoms with Gasteiger partial charge in [0.2, 0.25) is 0 Å². The third-order valence-corrected chi connectivity index (χ3v) is 2.28. The predicted molar refractivity (Wildman–Crippen MR) is 61.2 cm³/mol. The first kappa shape index (κ1) is 12.2. The molecule has 18 heavy (non-hydrogen) atoms. The van der Waals surface area contributed by atoms with Gasteiger partial charge in [0.1, 0.15) is 11.5 Å². The minimum absolute atomic E-state index is 0.115. The van der Waals surface area contributed by atoms with E-state index < -0.39 is 5.82 Å². The highest BCUT2D eigenvalue weighted by Gasteiger charge is 2.07. The van der Waals surface area contributed by atoms with Crippen LogP contribution in [0.1, 0.15) is 0 Å². The topological polar surface area (TPSA) is 27.7 Å². The average Bonchev–Trinajstić information content (AvgIpc) is 2.42. The molecule has 94 valence electrons. The SMILES string of the molecule is COc1ccc(Oc2cc(OF)ccc2F)cc1. The summed E-state index contributed by atoms with van der Waals surface area (Å²) in [5.41, 5.74) is 0. The Balaban J connectivity index is 2.21. The molecule has 0 amide bonds. The molecule has 2 rings (SSSR count). The zero-order chi connectivity index (χ0) is 13.0. The number of rotatable bonds is 4. The van der Waals surface area contributed by atoms with Gasteiger partial charge in [-0.15, -0.1) is 0 Å². The van der Waals surface area contributed by atoms with E-state index in [2.05, 4.69) is 4.94 Å². The van der Waals surface area contributed by atoms with Crippen LogP contribution in [0.2, 0.25) is 0 Å². The molecular formula is C13H10F2O3. The molecule has 5 heteroatoms. The maximum absolute atomic E-state index is 13.4. The van der Waals surface area contributed by atoms with Crippen molar-refractivity contribution in [2.75, 3.05) is 7.11 Å². The summed E-state index contributed by atoms with van der Waals surface area (Å²) in [7, 11) is 1.54. The van der Waals surface area contributed by atoms with Crippen LogP contribution in [0.3, 0.4) is 0 Å². The first-order chi connectivity index (χ1) is 8.72. The number of methoxy groups -OCH3 is 1. The molecule has 0 unspecified atom stereocenters. The molecular weight excluding hydrogens is 242 g/mol. The fourth-order valence-electron chi connectivity index (χ4n) is 1.38. The van der Waals surface area contributed by atoms with Gasteiger partial charge in [-0.05, 0) is 36.4 Å². The summed E-state index contributed by atoms with van der Waals surface area (Å²) in [6, 6.07) is 9.91. The van der Waals surface area contributed by atoms with Crippen LogP contribution in [0.25, 0.3) is 0 Å². The van der Waals surface area contributed by atoms with E-state index in [0.29, 0.717) is 11.5 Å². The molecule has 0 aromatic heterocycles. The molecule has 0 bridgehead atoms. The van der Waals surface area contributed by atoms with Crippen LogP contribution in [-0.4, -0.2) is 7.11 Å². The van der Waals surface area contributed by atoms with Gasteiger partial charge in [0.15, 0.2) is 17.3 Å². The fraction of sp³-hybridized carbons (Fsp3) is 0.0769. The van der Waals surface area contributed by atoms with Gasteiger partial charge in [-0.1, -0.05) is 0 Å². The lowest BCUT2D eigenvalue weighted by Crippen LogP contribution is -1.89. The lowest BCUT2D eigenvalue weighted by molar-refractivity contribution is -0.00648. The largest absolute Gasteiger partial charge is 0.497 e. The standard InChI is InChI=1S/C13H10F2O3/c1-16-9-2-4-10(5-3-9)17-13-8-11(18-15)6-7-12(13)14/h2-8H,1H3. The van der Waals surface area contributed by atoms with Crippen LogP contribution in [0.4, 0.5) is 8.92 Å². The third-order valence-electron chi connectivity index (χ3n) is 2.28. The molecule has 2 aromatic rings. The number of halogens is 2. The predicted octanol–water partition coefficient (Wildman–Crippen LogP) is 3.89. The summed E-state index contributed by atoms with van der Waals surface area (Å²) in [5.74, 6) is 0.219. The summed E-state index contributed by atoms with van der Waals surface area (Å²) >= 11 is 0. The summed E-state index contributed by atoms with van der Waals surface area (Å²) in [6.45, 7) is 0. The Bertz CT molecular complexity index is 526. The third kappa shape index (κ3) is 2.68. The Morgan fingerprint density at radius 2 is 1.50 bits per heavy atom. The van der Waals surface area contributed by atoms with Gasteiger partial charge >= 0.3 is 0 Å². The molecule has 2 aromatic carbocycles. The molecule has 0 aliphatic rings. The molecule has 3 nitrogen and oxygen atoms in total. The highest BCUT2D eigenvalue weighted by molar-refractivity contribution is 5.39. The van der Waals surface area contributed by atoms with E-state index in [-0.39, 0.29) is 11.5 Å². The van der Waals surface area contributed by atoms with Crippen molar-refractivity contribution in [3.63, 3.8) is 0 Å². The monoisotopic (exact) mass is 252 g/mol. The second kappa shape index (κ2) is 5.35. The van der Waals surface area contributed by atoms with Crippen molar-refractivity contribution in [2.24, 2.45) is 0 Å². The molecule has 0 saturated carbocycles. The Hall–Kier alpha value is -2.30. The van der Waals surface area contributed by atoms with Crippen molar-refractivity contribution < 1.29 is 23.3 Å². The lowest BCUT2D eigenvalue weighted by atomic mass is 10.3. The molecule has 0 aliphatic carbocycles. The van der Waals surface area contributed by atoms with E-state index in [9.17, 15) is 8.92 Å². The highest BCUT2D eigenvalue weighted by atomic mass is 19.3. The first-order valence-electron chi connectivity index (χ1n) is 5.13. The smallest absolute Gasteiger partial charge is 0.175 e. The second-order valence-corrected chi connectivity index (χ2v) is 3.45. The van der Waals surface area contributed by atoms with Gasteiger partial charge in [0, 0.05) is 10.6 Å². The van der Waals surface area contributed by atoms with Crippen LogP contribution in [-0.2, 0) is 0 Å². The number of ether oxygens (including phenoxy) is 2. The lowest BCUT2D eigenvalue weighted by Gasteiger charge is -2.08. The van der Waals surface area contributed by atoms with Crippen molar-refractivity contribution in [2.45, 2.75) is 0 Å². The molecule has 0 radical (unpaired) electrons. The molecule has 0 fully saturated rings. The van der Waals surface area contributed by atoms with Crippen molar-refractivity contribution in [3.8, 4) is 23.0 Å². The van der Waals surface area contributed by atoms with Gasteiger partial charge in [-0.25, -0.2) is 4.39 Å². The van der Waals surface area contributed by atoms with Gasteiger partial charge < -0.3 is 9.47 Å². The Labute approximate surface area is 102 Å². The van der Waals surface area contributed by atoms with E-state index in [1.54, 1.807) is 24.3 Å². The first-order valence-corrected chi connectivity index (χ1v) is 5.13. The van der Waals surface area contributed by atoms with E-state index in [0.717, 1.165) is 18.2 Å². The Kier molecular flexibility index (Phi) is 3.62. The zero-order valence-corrected chi connectivity index (χ0v) is 9.52. The van der Waals surface area contributed by atoms with E-state index in [1.165, 1.54) is 7.11 Å². The minimum Gasteiger partial charge on any atom is -0.497 e. The average molecular weight is 252 g/mol. The summed E-state index contributed by atoms with van der Waals surface area (Å²) in [6.07, 6.45) is 0. The summed E-state index contributed by atoms with van der Waals surface area (Å²) in [4.78, 5) is 3.52. The van der Waals surface area contributed by atoms with Crippen molar-refractivity contribution in [1.82, 2.24) is 0 Å². The van der Waals surface area contributed by atoms with Crippen molar-refractivity contribution in [3.05, 3.63) is 48.3 Å². The van der Waals surface area contributed by atoms with Crippen LogP contribution in [0.15, 0.2) is 42.5 Å². The number of hydrogen-bond acceptors (Lipinski definition) is 3. The van der Waals surface area contributed by atoms with Crippen LogP contribution in [0.5, 0.6) is 23.0 Å². The van der Waals surface area contributed by atoms with Crippen molar-refractivity contribution in [1.29, 1.82) is 0 Å². The Morgan fingerprint density at radius 1 is 0.889 bits per heavy atom. The molecule has 0 aliphatic heterocycles. The highest BCUT2D eigenvalue weighted by Crippen LogP contribution is 2.29. The number of benzene rings is 2. The Morgan fingerprint density at radius 3 is 2.11 bits per heavy atom. The van der Waals surface area contributed by atoms with Gasteiger partial charge in [0.05, 0.1) is 7.11 Å². The second-order valence-electron chi connectivity index (χ2n) is 3.45. The van der Waals surface area contributed by atoms with Gasteiger partial charge in [-0.2, -0.15) is 0 Å².